The Morgan fingerprint density at radius 3 is 2.50 bits per heavy atom. The van der Waals surface area contributed by atoms with Gasteiger partial charge in [-0.25, -0.2) is 8.78 Å². The summed E-state index contributed by atoms with van der Waals surface area (Å²) in [6.07, 6.45) is 0. The molecule has 0 spiro atoms. The summed E-state index contributed by atoms with van der Waals surface area (Å²) in [5, 5.41) is 0. The van der Waals surface area contributed by atoms with Crippen molar-refractivity contribution in [1.29, 1.82) is 0 Å². The summed E-state index contributed by atoms with van der Waals surface area (Å²) in [7, 11) is 0. The summed E-state index contributed by atoms with van der Waals surface area (Å²) in [4.78, 5) is 0. The van der Waals surface area contributed by atoms with Crippen molar-refractivity contribution < 1.29 is 8.78 Å². The van der Waals surface area contributed by atoms with Crippen LogP contribution in [-0.4, -0.2) is 5.88 Å². The van der Waals surface area contributed by atoms with Crippen LogP contribution in [0.4, 0.5) is 8.78 Å². The molecule has 0 aliphatic rings. The van der Waals surface area contributed by atoms with E-state index in [-0.39, 0.29) is 0 Å². The first kappa shape index (κ1) is 9.46. The molecule has 65 valence electrons. The van der Waals surface area contributed by atoms with Crippen LogP contribution in [0.2, 0.25) is 0 Å². The van der Waals surface area contributed by atoms with Gasteiger partial charge in [0.15, 0.2) is 11.6 Å². The zero-order chi connectivity index (χ0) is 9.14. The van der Waals surface area contributed by atoms with Crippen LogP contribution >= 0.6 is 11.6 Å². The maximum Gasteiger partial charge on any atom is 0.159 e. The summed E-state index contributed by atoms with van der Waals surface area (Å²) in [5.41, 5.74) is 0.643. The van der Waals surface area contributed by atoms with Gasteiger partial charge < -0.3 is 0 Å². The molecule has 12 heavy (non-hydrogen) atoms. The van der Waals surface area contributed by atoms with E-state index in [1.807, 2.05) is 0 Å². The van der Waals surface area contributed by atoms with Crippen LogP contribution in [0.1, 0.15) is 12.5 Å². The largest absolute Gasteiger partial charge is 0.204 e. The fourth-order valence-electron chi connectivity index (χ4n) is 0.839. The Morgan fingerprint density at radius 1 is 1.33 bits per heavy atom. The van der Waals surface area contributed by atoms with Crippen LogP contribution < -0.4 is 0 Å². The van der Waals surface area contributed by atoms with Gasteiger partial charge in [-0.3, -0.25) is 0 Å². The smallest absolute Gasteiger partial charge is 0.159 e. The number of rotatable bonds is 2. The highest BCUT2D eigenvalue weighted by Gasteiger charge is 2.07. The first-order valence-corrected chi connectivity index (χ1v) is 4.02. The van der Waals surface area contributed by atoms with Crippen molar-refractivity contribution in [3.63, 3.8) is 0 Å². The van der Waals surface area contributed by atoms with Crippen molar-refractivity contribution in [2.75, 3.05) is 5.88 Å². The van der Waals surface area contributed by atoms with E-state index in [1.165, 1.54) is 6.07 Å². The average Bonchev–Trinajstić information content (AvgIpc) is 2.08. The fraction of sp³-hybridized carbons (Fsp3) is 0.222. The lowest BCUT2D eigenvalue weighted by molar-refractivity contribution is 0.507. The molecular formula is C9H8ClF2. The molecule has 0 aromatic heterocycles. The van der Waals surface area contributed by atoms with Gasteiger partial charge in [-0.2, -0.15) is 0 Å². The number of hydrogen-bond acceptors (Lipinski definition) is 0. The van der Waals surface area contributed by atoms with Crippen LogP contribution in [0, 0.1) is 17.6 Å². The minimum atomic E-state index is -0.836. The monoisotopic (exact) mass is 189 g/mol. The normalized spacial score (nSPS) is 10.8. The third kappa shape index (κ3) is 1.95. The molecule has 0 N–H and O–H groups in total. The van der Waals surface area contributed by atoms with E-state index in [9.17, 15) is 8.78 Å². The fourth-order valence-corrected chi connectivity index (χ4v) is 0.993. The van der Waals surface area contributed by atoms with E-state index >= 15 is 0 Å². The van der Waals surface area contributed by atoms with E-state index in [1.54, 1.807) is 6.92 Å². The van der Waals surface area contributed by atoms with Gasteiger partial charge in [0.05, 0.1) is 0 Å². The second-order valence-corrected chi connectivity index (χ2v) is 2.81. The molecule has 0 nitrogen and oxygen atoms in total. The molecule has 0 saturated heterocycles. The van der Waals surface area contributed by atoms with E-state index in [4.69, 9.17) is 11.6 Å². The van der Waals surface area contributed by atoms with Crippen molar-refractivity contribution in [2.45, 2.75) is 6.92 Å². The summed E-state index contributed by atoms with van der Waals surface area (Å²) < 4.78 is 25.1. The second-order valence-electron chi connectivity index (χ2n) is 2.54. The third-order valence-corrected chi connectivity index (χ3v) is 2.01. The van der Waals surface area contributed by atoms with Crippen molar-refractivity contribution in [3.8, 4) is 0 Å². The van der Waals surface area contributed by atoms with E-state index in [2.05, 4.69) is 0 Å². The minimum absolute atomic E-state index is 0.324. The van der Waals surface area contributed by atoms with E-state index in [0.29, 0.717) is 11.4 Å². The van der Waals surface area contributed by atoms with Gasteiger partial charge in [0.25, 0.3) is 0 Å². The molecule has 0 saturated carbocycles. The summed E-state index contributed by atoms with van der Waals surface area (Å²) >= 11 is 5.53. The number of hydrogen-bond donors (Lipinski definition) is 0. The van der Waals surface area contributed by atoms with Gasteiger partial charge in [0.1, 0.15) is 0 Å². The first-order valence-electron chi connectivity index (χ1n) is 3.49. The number of benzene rings is 1. The van der Waals surface area contributed by atoms with Gasteiger partial charge >= 0.3 is 0 Å². The number of halogens is 3. The van der Waals surface area contributed by atoms with Gasteiger partial charge in [-0.15, -0.1) is 11.6 Å². The Kier molecular flexibility index (Phi) is 3.04. The quantitative estimate of drug-likeness (QED) is 0.627. The van der Waals surface area contributed by atoms with Crippen LogP contribution in [0.3, 0.4) is 0 Å². The Hall–Kier alpha value is -0.630. The lowest BCUT2D eigenvalue weighted by Gasteiger charge is -2.06. The standard InChI is InChI=1S/C9H8ClF2/c1-6(5-10)7-2-3-8(11)9(12)4-7/h2-4H,5H2,1H3. The van der Waals surface area contributed by atoms with E-state index in [0.717, 1.165) is 18.1 Å². The third-order valence-electron chi connectivity index (χ3n) is 1.61. The first-order chi connectivity index (χ1) is 5.65. The van der Waals surface area contributed by atoms with Crippen LogP contribution in [-0.2, 0) is 0 Å². The van der Waals surface area contributed by atoms with Crippen molar-refractivity contribution in [3.05, 3.63) is 41.3 Å². The molecule has 0 aliphatic carbocycles. The SMILES string of the molecule is C[C](CCl)c1ccc(F)c(F)c1. The molecule has 0 atom stereocenters. The predicted molar refractivity (Wildman–Crippen MR) is 45.1 cm³/mol. The van der Waals surface area contributed by atoms with Crippen molar-refractivity contribution in [1.82, 2.24) is 0 Å². The molecule has 1 radical (unpaired) electrons. The second kappa shape index (κ2) is 3.85. The zero-order valence-electron chi connectivity index (χ0n) is 6.57. The Labute approximate surface area is 75.2 Å². The molecule has 3 heteroatoms. The summed E-state index contributed by atoms with van der Waals surface area (Å²) in [6.45, 7) is 1.78. The minimum Gasteiger partial charge on any atom is -0.204 e. The van der Waals surface area contributed by atoms with E-state index < -0.39 is 11.6 Å². The lowest BCUT2D eigenvalue weighted by Crippen LogP contribution is -1.97. The molecule has 0 heterocycles. The molecule has 1 rings (SSSR count). The van der Waals surface area contributed by atoms with Crippen LogP contribution in [0.5, 0.6) is 0 Å². The topological polar surface area (TPSA) is 0 Å². The zero-order valence-corrected chi connectivity index (χ0v) is 7.33. The van der Waals surface area contributed by atoms with Gasteiger partial charge in [0, 0.05) is 11.8 Å². The molecular weight excluding hydrogens is 182 g/mol. The molecule has 0 amide bonds. The summed E-state index contributed by atoms with van der Waals surface area (Å²) in [5.74, 6) is -0.515. The molecule has 0 aliphatic heterocycles. The molecule has 0 unspecified atom stereocenters. The Balaban J connectivity index is 2.96. The van der Waals surface area contributed by atoms with Gasteiger partial charge in [0.2, 0.25) is 0 Å². The highest BCUT2D eigenvalue weighted by molar-refractivity contribution is 6.19. The van der Waals surface area contributed by atoms with Gasteiger partial charge in [-0.05, 0) is 17.7 Å². The highest BCUT2D eigenvalue weighted by Crippen LogP contribution is 2.17. The molecule has 1 aromatic rings. The number of alkyl halides is 1. The van der Waals surface area contributed by atoms with Gasteiger partial charge in [-0.1, -0.05) is 13.0 Å². The van der Waals surface area contributed by atoms with Crippen molar-refractivity contribution >= 4 is 11.6 Å². The van der Waals surface area contributed by atoms with Crippen LogP contribution in [0.15, 0.2) is 18.2 Å². The Morgan fingerprint density at radius 2 is 2.00 bits per heavy atom. The highest BCUT2D eigenvalue weighted by atomic mass is 35.5. The maximum absolute atomic E-state index is 12.6. The molecule has 0 fully saturated rings. The molecule has 1 aromatic carbocycles. The maximum atomic E-state index is 12.6. The Bertz CT molecular complexity index is 273. The van der Waals surface area contributed by atoms with Crippen molar-refractivity contribution in [2.24, 2.45) is 0 Å². The molecule has 0 bridgehead atoms. The average molecular weight is 190 g/mol. The predicted octanol–water partition coefficient (Wildman–Crippen LogP) is 3.15. The summed E-state index contributed by atoms with van der Waals surface area (Å²) in [6, 6.07) is 3.75. The van der Waals surface area contributed by atoms with Crippen LogP contribution in [0.25, 0.3) is 0 Å². The lowest BCUT2D eigenvalue weighted by atomic mass is 10.0.